The summed E-state index contributed by atoms with van der Waals surface area (Å²) in [7, 11) is 1.29. The Balaban J connectivity index is 2.16. The van der Waals surface area contributed by atoms with Gasteiger partial charge >= 0.3 is 5.97 Å². The van der Waals surface area contributed by atoms with Crippen LogP contribution in [0.4, 0.5) is 0 Å². The van der Waals surface area contributed by atoms with Crippen molar-refractivity contribution < 1.29 is 19.1 Å². The number of aromatic amines is 1. The van der Waals surface area contributed by atoms with Gasteiger partial charge in [0.2, 0.25) is 0 Å². The minimum absolute atomic E-state index is 0.159. The number of rotatable bonds is 2. The Hall–Kier alpha value is -1.89. The first kappa shape index (κ1) is 11.6. The Bertz CT molecular complexity index is 404. The summed E-state index contributed by atoms with van der Waals surface area (Å²) in [5.74, 6) is -0.751. The van der Waals surface area contributed by atoms with Crippen molar-refractivity contribution in [2.75, 3.05) is 26.9 Å². The maximum absolute atomic E-state index is 12.1. The minimum Gasteiger partial charge on any atom is -0.467 e. The van der Waals surface area contributed by atoms with E-state index in [1.54, 1.807) is 6.07 Å². The maximum Gasteiger partial charge on any atom is 0.331 e. The van der Waals surface area contributed by atoms with Crippen molar-refractivity contribution in [3.05, 3.63) is 18.0 Å². The van der Waals surface area contributed by atoms with E-state index in [0.29, 0.717) is 18.8 Å². The number of carbonyl (C=O) groups is 2. The van der Waals surface area contributed by atoms with E-state index in [4.69, 9.17) is 4.74 Å². The molecule has 0 bridgehead atoms. The second kappa shape index (κ2) is 4.96. The summed E-state index contributed by atoms with van der Waals surface area (Å²) in [4.78, 5) is 25.0. The highest BCUT2D eigenvalue weighted by Crippen LogP contribution is 2.12. The van der Waals surface area contributed by atoms with Crippen LogP contribution < -0.4 is 0 Å². The molecule has 1 aliphatic heterocycles. The van der Waals surface area contributed by atoms with Crippen LogP contribution in [0.25, 0.3) is 0 Å². The van der Waals surface area contributed by atoms with Crippen molar-refractivity contribution in [1.82, 2.24) is 15.1 Å². The molecule has 1 fully saturated rings. The molecule has 0 spiro atoms. The molecule has 17 heavy (non-hydrogen) atoms. The Kier molecular flexibility index (Phi) is 3.38. The van der Waals surface area contributed by atoms with Crippen molar-refractivity contribution in [2.24, 2.45) is 0 Å². The summed E-state index contributed by atoms with van der Waals surface area (Å²) in [5, 5.41) is 6.29. The van der Waals surface area contributed by atoms with Crippen molar-refractivity contribution in [3.63, 3.8) is 0 Å². The number of carbonyl (C=O) groups excluding carboxylic acids is 2. The van der Waals surface area contributed by atoms with E-state index >= 15 is 0 Å². The van der Waals surface area contributed by atoms with E-state index in [2.05, 4.69) is 14.9 Å². The summed E-state index contributed by atoms with van der Waals surface area (Å²) in [6.07, 6.45) is 1.49. The third kappa shape index (κ3) is 2.28. The van der Waals surface area contributed by atoms with Crippen LogP contribution in [0.2, 0.25) is 0 Å². The predicted octanol–water partition coefficient (Wildman–Crippen LogP) is -0.576. The Morgan fingerprint density at radius 3 is 3.12 bits per heavy atom. The normalized spacial score (nSPS) is 20.1. The molecule has 1 aliphatic rings. The average molecular weight is 239 g/mol. The van der Waals surface area contributed by atoms with Gasteiger partial charge in [-0.15, -0.1) is 0 Å². The molecule has 1 N–H and O–H groups in total. The highest BCUT2D eigenvalue weighted by Gasteiger charge is 2.34. The molecule has 7 nitrogen and oxygen atoms in total. The number of nitrogens with zero attached hydrogens (tertiary/aromatic N) is 2. The number of nitrogens with one attached hydrogen (secondary N) is 1. The van der Waals surface area contributed by atoms with Crippen LogP contribution in [0.3, 0.4) is 0 Å². The number of aromatic nitrogens is 2. The molecule has 0 aliphatic carbocycles. The lowest BCUT2D eigenvalue weighted by Crippen LogP contribution is -2.53. The lowest BCUT2D eigenvalue weighted by molar-refractivity contribution is -0.151. The molecule has 1 saturated heterocycles. The van der Waals surface area contributed by atoms with Crippen LogP contribution in [0.15, 0.2) is 12.3 Å². The Morgan fingerprint density at radius 1 is 1.65 bits per heavy atom. The monoisotopic (exact) mass is 239 g/mol. The molecule has 7 heteroatoms. The van der Waals surface area contributed by atoms with Gasteiger partial charge in [0, 0.05) is 12.7 Å². The SMILES string of the molecule is COC(=O)C1COCCN1C(=O)c1ccn[nH]1. The third-order valence-corrected chi connectivity index (χ3v) is 2.59. The molecule has 1 aromatic heterocycles. The first-order valence-corrected chi connectivity index (χ1v) is 5.20. The summed E-state index contributed by atoms with van der Waals surface area (Å²) >= 11 is 0. The van der Waals surface area contributed by atoms with Gasteiger partial charge in [-0.05, 0) is 6.07 Å². The third-order valence-electron chi connectivity index (χ3n) is 2.59. The van der Waals surface area contributed by atoms with Crippen molar-refractivity contribution >= 4 is 11.9 Å². The van der Waals surface area contributed by atoms with Crippen LogP contribution in [-0.4, -0.2) is 59.9 Å². The molecule has 2 heterocycles. The lowest BCUT2D eigenvalue weighted by Gasteiger charge is -2.33. The molecule has 92 valence electrons. The zero-order valence-corrected chi connectivity index (χ0v) is 9.38. The van der Waals surface area contributed by atoms with Gasteiger partial charge in [0.1, 0.15) is 5.69 Å². The van der Waals surface area contributed by atoms with Gasteiger partial charge in [0.25, 0.3) is 5.91 Å². The highest BCUT2D eigenvalue weighted by molar-refractivity contribution is 5.95. The van der Waals surface area contributed by atoms with E-state index < -0.39 is 12.0 Å². The minimum atomic E-state index is -0.690. The second-order valence-corrected chi connectivity index (χ2v) is 3.58. The first-order chi connectivity index (χ1) is 8.24. The van der Waals surface area contributed by atoms with Gasteiger partial charge in [0.15, 0.2) is 6.04 Å². The van der Waals surface area contributed by atoms with Crippen molar-refractivity contribution in [2.45, 2.75) is 6.04 Å². The van der Waals surface area contributed by atoms with E-state index in [1.165, 1.54) is 18.2 Å². The quantitative estimate of drug-likeness (QED) is 0.698. The van der Waals surface area contributed by atoms with Gasteiger partial charge in [-0.25, -0.2) is 4.79 Å². The number of methoxy groups -OCH3 is 1. The smallest absolute Gasteiger partial charge is 0.331 e. The molecule has 1 amide bonds. The first-order valence-electron chi connectivity index (χ1n) is 5.20. The van der Waals surface area contributed by atoms with Gasteiger partial charge < -0.3 is 14.4 Å². The number of hydrogen-bond acceptors (Lipinski definition) is 5. The van der Waals surface area contributed by atoms with E-state index in [0.717, 1.165) is 0 Å². The number of esters is 1. The van der Waals surface area contributed by atoms with E-state index in [9.17, 15) is 9.59 Å². The van der Waals surface area contributed by atoms with Crippen LogP contribution in [0.1, 0.15) is 10.5 Å². The van der Waals surface area contributed by atoms with E-state index in [1.807, 2.05) is 0 Å². The van der Waals surface area contributed by atoms with Gasteiger partial charge in [-0.1, -0.05) is 0 Å². The fraction of sp³-hybridized carbons (Fsp3) is 0.500. The number of amides is 1. The summed E-state index contributed by atoms with van der Waals surface area (Å²) in [6, 6.07) is 0.871. The molecule has 1 atom stereocenters. The lowest BCUT2D eigenvalue weighted by atomic mass is 10.2. The predicted molar refractivity (Wildman–Crippen MR) is 56.2 cm³/mol. The van der Waals surface area contributed by atoms with Crippen molar-refractivity contribution in [3.8, 4) is 0 Å². The largest absolute Gasteiger partial charge is 0.467 e. The summed E-state index contributed by atoms with van der Waals surface area (Å²) in [5.41, 5.74) is 0.348. The highest BCUT2D eigenvalue weighted by atomic mass is 16.5. The number of hydrogen-bond donors (Lipinski definition) is 1. The van der Waals surface area contributed by atoms with E-state index in [-0.39, 0.29) is 12.5 Å². The molecule has 2 rings (SSSR count). The Morgan fingerprint density at radius 2 is 2.47 bits per heavy atom. The van der Waals surface area contributed by atoms with Crippen LogP contribution >= 0.6 is 0 Å². The molecule has 1 unspecified atom stereocenters. The second-order valence-electron chi connectivity index (χ2n) is 3.58. The molecule has 0 radical (unpaired) electrons. The van der Waals surface area contributed by atoms with Crippen molar-refractivity contribution in [1.29, 1.82) is 0 Å². The molecule has 0 saturated carbocycles. The number of ether oxygens (including phenoxy) is 2. The van der Waals surface area contributed by atoms with Gasteiger partial charge in [0.05, 0.1) is 20.3 Å². The fourth-order valence-electron chi connectivity index (χ4n) is 1.71. The average Bonchev–Trinajstić information content (AvgIpc) is 2.91. The maximum atomic E-state index is 12.1. The topological polar surface area (TPSA) is 84.5 Å². The molecule has 0 aromatic carbocycles. The van der Waals surface area contributed by atoms with Crippen LogP contribution in [0, 0.1) is 0 Å². The summed E-state index contributed by atoms with van der Waals surface area (Å²) < 4.78 is 9.83. The number of H-pyrrole nitrogens is 1. The van der Waals surface area contributed by atoms with Crippen LogP contribution in [-0.2, 0) is 14.3 Å². The van der Waals surface area contributed by atoms with Crippen LogP contribution in [0.5, 0.6) is 0 Å². The molecule has 1 aromatic rings. The zero-order valence-electron chi connectivity index (χ0n) is 9.38. The summed E-state index contributed by atoms with van der Waals surface area (Å²) in [6.45, 7) is 0.928. The zero-order chi connectivity index (χ0) is 12.3. The van der Waals surface area contributed by atoms with Gasteiger partial charge in [-0.2, -0.15) is 5.10 Å². The van der Waals surface area contributed by atoms with Gasteiger partial charge in [-0.3, -0.25) is 9.89 Å². The standard InChI is InChI=1S/C10H13N3O4/c1-16-10(15)8-6-17-5-4-13(8)9(14)7-2-3-11-12-7/h2-3,8H,4-6H2,1H3,(H,11,12). The Labute approximate surface area is 97.7 Å². The fourth-order valence-corrected chi connectivity index (χ4v) is 1.71. The number of morpholine rings is 1. The molecular formula is C10H13N3O4. The molecular weight excluding hydrogens is 226 g/mol.